The van der Waals surface area contributed by atoms with Crippen LogP contribution >= 0.6 is 0 Å². The van der Waals surface area contributed by atoms with Crippen LogP contribution in [0, 0.1) is 0 Å². The number of hydrogen-bond acceptors (Lipinski definition) is 3. The number of rotatable bonds is 7. The van der Waals surface area contributed by atoms with Gasteiger partial charge in [0.15, 0.2) is 0 Å². The van der Waals surface area contributed by atoms with Gasteiger partial charge in [-0.05, 0) is 29.3 Å². The van der Waals surface area contributed by atoms with E-state index >= 15 is 0 Å². The van der Waals surface area contributed by atoms with E-state index < -0.39 is 0 Å². The lowest BCUT2D eigenvalue weighted by Crippen LogP contribution is -2.37. The second kappa shape index (κ2) is 9.27. The molecule has 0 aliphatic carbocycles. The lowest BCUT2D eigenvalue weighted by atomic mass is 10.2. The van der Waals surface area contributed by atoms with Gasteiger partial charge in [-0.3, -0.25) is 9.59 Å². The first-order valence-electron chi connectivity index (χ1n) is 7.96. The van der Waals surface area contributed by atoms with Crippen LogP contribution in [-0.4, -0.2) is 37.4 Å². The highest BCUT2D eigenvalue weighted by atomic mass is 16.5. The summed E-state index contributed by atoms with van der Waals surface area (Å²) in [5.74, 6) is 0.287. The molecular weight excluding hydrogens is 316 g/mol. The van der Waals surface area contributed by atoms with Crippen LogP contribution in [0.15, 0.2) is 60.7 Å². The molecule has 0 heterocycles. The summed E-state index contributed by atoms with van der Waals surface area (Å²) in [7, 11) is 3.19. The van der Waals surface area contributed by atoms with E-state index in [1.165, 1.54) is 11.0 Å². The first-order valence-corrected chi connectivity index (χ1v) is 7.96. The van der Waals surface area contributed by atoms with Gasteiger partial charge in [-0.1, -0.05) is 42.5 Å². The minimum absolute atomic E-state index is 0.00805. The molecule has 0 aliphatic rings. The molecule has 2 amide bonds. The van der Waals surface area contributed by atoms with Crippen molar-refractivity contribution in [3.8, 4) is 5.75 Å². The third-order valence-corrected chi connectivity index (χ3v) is 3.60. The summed E-state index contributed by atoms with van der Waals surface area (Å²) in [4.78, 5) is 25.4. The average molecular weight is 338 g/mol. The Kier molecular flexibility index (Phi) is 6.77. The fourth-order valence-electron chi connectivity index (χ4n) is 2.19. The van der Waals surface area contributed by atoms with Crippen LogP contribution in [0.5, 0.6) is 5.75 Å². The molecule has 2 rings (SSSR count). The number of hydrogen-bond donors (Lipinski definition) is 1. The van der Waals surface area contributed by atoms with E-state index in [-0.39, 0.29) is 18.4 Å². The lowest BCUT2D eigenvalue weighted by molar-refractivity contribution is -0.131. The maximum Gasteiger partial charge on any atom is 0.246 e. The topological polar surface area (TPSA) is 58.6 Å². The maximum atomic E-state index is 12.1. The summed E-state index contributed by atoms with van der Waals surface area (Å²) in [5.41, 5.74) is 1.87. The Hall–Kier alpha value is -3.08. The summed E-state index contributed by atoms with van der Waals surface area (Å²) < 4.78 is 5.14. The Morgan fingerprint density at radius 2 is 1.88 bits per heavy atom. The van der Waals surface area contributed by atoms with Gasteiger partial charge < -0.3 is 15.0 Å². The molecule has 5 heteroatoms. The van der Waals surface area contributed by atoms with Gasteiger partial charge in [0.05, 0.1) is 13.7 Å². The number of amides is 2. The van der Waals surface area contributed by atoms with Crippen LogP contribution in [0.3, 0.4) is 0 Å². The fraction of sp³-hybridized carbons (Fsp3) is 0.200. The van der Waals surface area contributed by atoms with Gasteiger partial charge in [-0.15, -0.1) is 0 Å². The highest BCUT2D eigenvalue weighted by Gasteiger charge is 2.10. The molecule has 130 valence electrons. The number of nitrogens with one attached hydrogen (secondary N) is 1. The molecule has 0 atom stereocenters. The second-order valence-electron chi connectivity index (χ2n) is 5.57. The van der Waals surface area contributed by atoms with Crippen molar-refractivity contribution in [1.82, 2.24) is 10.2 Å². The van der Waals surface area contributed by atoms with Gasteiger partial charge in [0, 0.05) is 19.7 Å². The minimum Gasteiger partial charge on any atom is -0.497 e. The first-order chi connectivity index (χ1) is 12.1. The molecule has 0 aliphatic heterocycles. The molecule has 0 fully saturated rings. The van der Waals surface area contributed by atoms with E-state index in [0.29, 0.717) is 6.54 Å². The van der Waals surface area contributed by atoms with Crippen molar-refractivity contribution in [2.24, 2.45) is 0 Å². The van der Waals surface area contributed by atoms with E-state index in [9.17, 15) is 9.59 Å². The number of nitrogens with zero attached hydrogens (tertiary/aromatic N) is 1. The first kappa shape index (κ1) is 18.3. The van der Waals surface area contributed by atoms with Gasteiger partial charge in [0.2, 0.25) is 11.8 Å². The quantitative estimate of drug-likeness (QED) is 0.789. The summed E-state index contributed by atoms with van der Waals surface area (Å²) in [6.07, 6.45) is 3.14. The minimum atomic E-state index is -0.238. The van der Waals surface area contributed by atoms with Crippen LogP contribution in [0.1, 0.15) is 11.1 Å². The monoisotopic (exact) mass is 338 g/mol. The number of ether oxygens (including phenoxy) is 1. The Balaban J connectivity index is 1.82. The molecule has 0 bridgehead atoms. The molecule has 0 saturated carbocycles. The molecule has 0 spiro atoms. The second-order valence-corrected chi connectivity index (χ2v) is 5.57. The maximum absolute atomic E-state index is 12.1. The van der Waals surface area contributed by atoms with Gasteiger partial charge in [0.1, 0.15) is 5.75 Å². The van der Waals surface area contributed by atoms with E-state index in [4.69, 9.17) is 4.74 Å². The summed E-state index contributed by atoms with van der Waals surface area (Å²) >= 11 is 0. The van der Waals surface area contributed by atoms with E-state index in [2.05, 4.69) is 5.32 Å². The molecule has 2 aromatic carbocycles. The zero-order valence-electron chi connectivity index (χ0n) is 14.4. The average Bonchev–Trinajstić information content (AvgIpc) is 2.65. The van der Waals surface area contributed by atoms with Crippen LogP contribution < -0.4 is 10.1 Å². The molecule has 0 unspecified atom stereocenters. The van der Waals surface area contributed by atoms with Crippen LogP contribution in [0.4, 0.5) is 0 Å². The van der Waals surface area contributed by atoms with Gasteiger partial charge in [0.25, 0.3) is 0 Å². The Morgan fingerprint density at radius 1 is 1.12 bits per heavy atom. The predicted octanol–water partition coefficient (Wildman–Crippen LogP) is 2.48. The highest BCUT2D eigenvalue weighted by Crippen LogP contribution is 2.13. The number of benzene rings is 2. The van der Waals surface area contributed by atoms with E-state index in [1.54, 1.807) is 20.2 Å². The van der Waals surface area contributed by atoms with E-state index in [0.717, 1.165) is 16.9 Å². The molecule has 0 saturated heterocycles. The molecule has 1 N–H and O–H groups in total. The molecule has 0 radical (unpaired) electrons. The SMILES string of the molecule is COc1cccc(/C=C/C(=O)N(C)CC(=O)NCc2ccccc2)c1. The summed E-state index contributed by atoms with van der Waals surface area (Å²) in [6.45, 7) is 0.454. The third kappa shape index (κ3) is 6.14. The van der Waals surface area contributed by atoms with Crippen molar-refractivity contribution in [3.63, 3.8) is 0 Å². The Morgan fingerprint density at radius 3 is 2.60 bits per heavy atom. The standard InChI is InChI=1S/C20H22N2O3/c1-22(15-19(23)21-14-17-7-4-3-5-8-17)20(24)12-11-16-9-6-10-18(13-16)25-2/h3-13H,14-15H2,1-2H3,(H,21,23)/b12-11+. The molecule has 25 heavy (non-hydrogen) atoms. The fourth-order valence-corrected chi connectivity index (χ4v) is 2.19. The smallest absolute Gasteiger partial charge is 0.246 e. The summed E-state index contributed by atoms with van der Waals surface area (Å²) in [5, 5.41) is 2.80. The number of likely N-dealkylation sites (N-methyl/N-ethyl adjacent to an activating group) is 1. The van der Waals surface area contributed by atoms with Crippen molar-refractivity contribution < 1.29 is 14.3 Å². The van der Waals surface area contributed by atoms with E-state index in [1.807, 2.05) is 54.6 Å². The number of methoxy groups -OCH3 is 1. The summed E-state index contributed by atoms with van der Waals surface area (Å²) in [6, 6.07) is 17.0. The van der Waals surface area contributed by atoms with Crippen molar-refractivity contribution in [3.05, 3.63) is 71.8 Å². The predicted molar refractivity (Wildman–Crippen MR) is 98.0 cm³/mol. The van der Waals surface area contributed by atoms with Crippen LogP contribution in [0.2, 0.25) is 0 Å². The van der Waals surface area contributed by atoms with Crippen molar-refractivity contribution >= 4 is 17.9 Å². The zero-order chi connectivity index (χ0) is 18.1. The molecular formula is C20H22N2O3. The van der Waals surface area contributed by atoms with Crippen LogP contribution in [0.25, 0.3) is 6.08 Å². The third-order valence-electron chi connectivity index (χ3n) is 3.60. The zero-order valence-corrected chi connectivity index (χ0v) is 14.4. The van der Waals surface area contributed by atoms with Gasteiger partial charge >= 0.3 is 0 Å². The highest BCUT2D eigenvalue weighted by molar-refractivity contribution is 5.94. The Labute approximate surface area is 147 Å². The van der Waals surface area contributed by atoms with Crippen LogP contribution in [-0.2, 0) is 16.1 Å². The van der Waals surface area contributed by atoms with Gasteiger partial charge in [-0.2, -0.15) is 0 Å². The molecule has 0 aromatic heterocycles. The normalized spacial score (nSPS) is 10.5. The van der Waals surface area contributed by atoms with Gasteiger partial charge in [-0.25, -0.2) is 0 Å². The van der Waals surface area contributed by atoms with Crippen molar-refractivity contribution in [2.45, 2.75) is 6.54 Å². The lowest BCUT2D eigenvalue weighted by Gasteiger charge is -2.14. The largest absolute Gasteiger partial charge is 0.497 e. The Bertz CT molecular complexity index is 742. The number of carbonyl (C=O) groups is 2. The molecule has 5 nitrogen and oxygen atoms in total. The number of carbonyl (C=O) groups excluding carboxylic acids is 2. The van der Waals surface area contributed by atoms with Crippen molar-refractivity contribution in [2.75, 3.05) is 20.7 Å². The molecule has 2 aromatic rings. The van der Waals surface area contributed by atoms with Crippen molar-refractivity contribution in [1.29, 1.82) is 0 Å².